The molecule has 0 unspecified atom stereocenters. The molecule has 0 saturated heterocycles. The number of hydrogen-bond acceptors (Lipinski definition) is 4. The van der Waals surface area contributed by atoms with Crippen LogP contribution in [0.3, 0.4) is 0 Å². The molecule has 1 aromatic heterocycles. The van der Waals surface area contributed by atoms with E-state index in [-0.39, 0.29) is 18.1 Å². The Kier molecular flexibility index (Phi) is 5.46. The fourth-order valence-electron chi connectivity index (χ4n) is 2.13. The molecular weight excluding hydrogens is 294 g/mol. The van der Waals surface area contributed by atoms with E-state index in [0.717, 1.165) is 11.3 Å². The number of aromatic nitrogens is 3. The molecule has 2 aromatic rings. The highest BCUT2D eigenvalue weighted by Crippen LogP contribution is 2.08. The highest BCUT2D eigenvalue weighted by atomic mass is 16.2. The standard InChI is InChI=1S/C16H21N5O2/c1-4-20(5-2)15(22)10-17-16(23)14-11-21(19-18-14)13-8-6-12(3)7-9-13/h6-9,11H,4-5,10H2,1-3H3,(H,17,23). The zero-order valence-corrected chi connectivity index (χ0v) is 13.6. The van der Waals surface area contributed by atoms with Gasteiger partial charge < -0.3 is 10.2 Å². The van der Waals surface area contributed by atoms with Gasteiger partial charge in [-0.3, -0.25) is 9.59 Å². The maximum absolute atomic E-state index is 12.0. The Morgan fingerprint density at radius 2 is 1.83 bits per heavy atom. The van der Waals surface area contributed by atoms with E-state index >= 15 is 0 Å². The van der Waals surface area contributed by atoms with Gasteiger partial charge in [0.05, 0.1) is 18.4 Å². The molecule has 0 fully saturated rings. The zero-order chi connectivity index (χ0) is 16.8. The molecule has 7 nitrogen and oxygen atoms in total. The van der Waals surface area contributed by atoms with Crippen LogP contribution in [0.5, 0.6) is 0 Å². The van der Waals surface area contributed by atoms with Gasteiger partial charge in [0.2, 0.25) is 5.91 Å². The number of hydrogen-bond donors (Lipinski definition) is 1. The molecule has 0 aliphatic rings. The number of rotatable bonds is 6. The second kappa shape index (κ2) is 7.53. The van der Waals surface area contributed by atoms with E-state index in [2.05, 4.69) is 15.6 Å². The van der Waals surface area contributed by atoms with Crippen molar-refractivity contribution in [1.82, 2.24) is 25.2 Å². The summed E-state index contributed by atoms with van der Waals surface area (Å²) in [7, 11) is 0. The van der Waals surface area contributed by atoms with Gasteiger partial charge in [-0.25, -0.2) is 4.68 Å². The van der Waals surface area contributed by atoms with Crippen LogP contribution < -0.4 is 5.32 Å². The first-order valence-corrected chi connectivity index (χ1v) is 7.60. The van der Waals surface area contributed by atoms with Gasteiger partial charge >= 0.3 is 0 Å². The number of benzene rings is 1. The summed E-state index contributed by atoms with van der Waals surface area (Å²) >= 11 is 0. The third-order valence-electron chi connectivity index (χ3n) is 3.54. The van der Waals surface area contributed by atoms with E-state index < -0.39 is 5.91 Å². The predicted molar refractivity (Wildman–Crippen MR) is 86.4 cm³/mol. The van der Waals surface area contributed by atoms with Gasteiger partial charge in [0, 0.05) is 13.1 Å². The van der Waals surface area contributed by atoms with Crippen LogP contribution in [0.2, 0.25) is 0 Å². The van der Waals surface area contributed by atoms with E-state index in [4.69, 9.17) is 0 Å². The van der Waals surface area contributed by atoms with E-state index in [1.165, 1.54) is 4.68 Å². The van der Waals surface area contributed by atoms with E-state index in [0.29, 0.717) is 13.1 Å². The number of carbonyl (C=O) groups excluding carboxylic acids is 2. The lowest BCUT2D eigenvalue weighted by Crippen LogP contribution is -2.40. The lowest BCUT2D eigenvalue weighted by Gasteiger charge is -2.18. The smallest absolute Gasteiger partial charge is 0.273 e. The number of amides is 2. The Morgan fingerprint density at radius 3 is 2.43 bits per heavy atom. The third-order valence-corrected chi connectivity index (χ3v) is 3.54. The Bertz CT molecular complexity index is 674. The van der Waals surface area contributed by atoms with Gasteiger partial charge in [0.15, 0.2) is 5.69 Å². The van der Waals surface area contributed by atoms with Crippen LogP contribution in [0.1, 0.15) is 29.9 Å². The van der Waals surface area contributed by atoms with Crippen molar-refractivity contribution >= 4 is 11.8 Å². The number of carbonyl (C=O) groups is 2. The molecule has 2 amide bonds. The second-order valence-electron chi connectivity index (χ2n) is 5.13. The Labute approximate surface area is 135 Å². The number of likely N-dealkylation sites (N-methyl/N-ethyl adjacent to an activating group) is 1. The van der Waals surface area contributed by atoms with Crippen LogP contribution in [0.25, 0.3) is 5.69 Å². The Hall–Kier alpha value is -2.70. The van der Waals surface area contributed by atoms with Crippen molar-refractivity contribution in [2.24, 2.45) is 0 Å². The minimum absolute atomic E-state index is 0.0437. The highest BCUT2D eigenvalue weighted by Gasteiger charge is 2.15. The largest absolute Gasteiger partial charge is 0.342 e. The van der Waals surface area contributed by atoms with Gasteiger partial charge in [-0.1, -0.05) is 22.9 Å². The lowest BCUT2D eigenvalue weighted by atomic mass is 10.2. The van der Waals surface area contributed by atoms with E-state index in [1.807, 2.05) is 45.0 Å². The first-order chi connectivity index (χ1) is 11.0. The van der Waals surface area contributed by atoms with E-state index in [9.17, 15) is 9.59 Å². The molecule has 7 heteroatoms. The van der Waals surface area contributed by atoms with Crippen molar-refractivity contribution in [3.8, 4) is 5.69 Å². The summed E-state index contributed by atoms with van der Waals surface area (Å²) in [4.78, 5) is 25.6. The summed E-state index contributed by atoms with van der Waals surface area (Å²) in [5.41, 5.74) is 2.14. The summed E-state index contributed by atoms with van der Waals surface area (Å²) < 4.78 is 1.53. The topological polar surface area (TPSA) is 80.1 Å². The molecule has 0 aliphatic heterocycles. The Morgan fingerprint density at radius 1 is 1.17 bits per heavy atom. The van der Waals surface area contributed by atoms with Gasteiger partial charge in [-0.15, -0.1) is 5.10 Å². The van der Waals surface area contributed by atoms with E-state index in [1.54, 1.807) is 11.1 Å². The molecule has 0 radical (unpaired) electrons. The van der Waals surface area contributed by atoms with Gasteiger partial charge in [0.25, 0.3) is 5.91 Å². The summed E-state index contributed by atoms with van der Waals surface area (Å²) in [5.74, 6) is -0.529. The molecule has 0 spiro atoms. The molecule has 1 N–H and O–H groups in total. The molecule has 1 heterocycles. The van der Waals surface area contributed by atoms with Crippen LogP contribution in [0.15, 0.2) is 30.5 Å². The molecule has 122 valence electrons. The van der Waals surface area contributed by atoms with Crippen molar-refractivity contribution in [3.63, 3.8) is 0 Å². The number of aryl methyl sites for hydroxylation is 1. The molecule has 0 aliphatic carbocycles. The highest BCUT2D eigenvalue weighted by molar-refractivity contribution is 5.94. The molecule has 23 heavy (non-hydrogen) atoms. The lowest BCUT2D eigenvalue weighted by molar-refractivity contribution is -0.129. The van der Waals surface area contributed by atoms with Gasteiger partial charge in [-0.2, -0.15) is 0 Å². The molecule has 2 rings (SSSR count). The van der Waals surface area contributed by atoms with Gasteiger partial charge in [-0.05, 0) is 32.9 Å². The number of nitrogens with zero attached hydrogens (tertiary/aromatic N) is 4. The average Bonchev–Trinajstić information content (AvgIpc) is 3.04. The summed E-state index contributed by atoms with van der Waals surface area (Å²) in [6, 6.07) is 7.71. The van der Waals surface area contributed by atoms with Crippen LogP contribution >= 0.6 is 0 Å². The maximum Gasteiger partial charge on any atom is 0.273 e. The maximum atomic E-state index is 12.0. The second-order valence-corrected chi connectivity index (χ2v) is 5.13. The molecule has 0 bridgehead atoms. The minimum Gasteiger partial charge on any atom is -0.342 e. The Balaban J connectivity index is 1.98. The monoisotopic (exact) mass is 315 g/mol. The molecule has 0 saturated carbocycles. The van der Waals surface area contributed by atoms with Crippen LogP contribution in [-0.4, -0.2) is 51.3 Å². The summed E-state index contributed by atoms with van der Waals surface area (Å²) in [6.45, 7) is 6.99. The quantitative estimate of drug-likeness (QED) is 0.868. The molecular formula is C16H21N5O2. The summed E-state index contributed by atoms with van der Waals surface area (Å²) in [5, 5.41) is 10.4. The SMILES string of the molecule is CCN(CC)C(=O)CNC(=O)c1cn(-c2ccc(C)cc2)nn1. The van der Waals surface area contributed by atoms with Gasteiger partial charge in [0.1, 0.15) is 0 Å². The fourth-order valence-corrected chi connectivity index (χ4v) is 2.13. The minimum atomic E-state index is -0.413. The normalized spacial score (nSPS) is 10.4. The zero-order valence-electron chi connectivity index (χ0n) is 13.6. The van der Waals surface area contributed by atoms with Crippen LogP contribution in [0.4, 0.5) is 0 Å². The fraction of sp³-hybridized carbons (Fsp3) is 0.375. The molecule has 1 aromatic carbocycles. The summed E-state index contributed by atoms with van der Waals surface area (Å²) in [6.07, 6.45) is 1.54. The van der Waals surface area contributed by atoms with Crippen molar-refractivity contribution in [1.29, 1.82) is 0 Å². The van der Waals surface area contributed by atoms with Crippen LogP contribution in [0, 0.1) is 6.92 Å². The average molecular weight is 315 g/mol. The molecule has 0 atom stereocenters. The first kappa shape index (κ1) is 16.7. The van der Waals surface area contributed by atoms with Crippen molar-refractivity contribution in [2.45, 2.75) is 20.8 Å². The predicted octanol–water partition coefficient (Wildman–Crippen LogP) is 1.17. The third kappa shape index (κ3) is 4.15. The first-order valence-electron chi connectivity index (χ1n) is 7.60. The number of nitrogens with one attached hydrogen (secondary N) is 1. The van der Waals surface area contributed by atoms with Crippen molar-refractivity contribution in [3.05, 3.63) is 41.7 Å². The van der Waals surface area contributed by atoms with Crippen LogP contribution in [-0.2, 0) is 4.79 Å². The van der Waals surface area contributed by atoms with Crippen molar-refractivity contribution in [2.75, 3.05) is 19.6 Å². The van der Waals surface area contributed by atoms with Crippen molar-refractivity contribution < 1.29 is 9.59 Å².